The van der Waals surface area contributed by atoms with Crippen LogP contribution in [0.2, 0.25) is 5.02 Å². The summed E-state index contributed by atoms with van der Waals surface area (Å²) in [6.07, 6.45) is -1.70. The lowest BCUT2D eigenvalue weighted by molar-refractivity contribution is -0.210. The highest BCUT2D eigenvalue weighted by Crippen LogP contribution is 2.38. The average Bonchev–Trinajstić information content (AvgIpc) is 3.57. The molecule has 1 aliphatic rings. The van der Waals surface area contributed by atoms with Crippen LogP contribution in [0.1, 0.15) is 23.8 Å². The standard InChI is InChI=1S/C26H23ClFN7O4/c1-13-30-26(35(32-13)16-5-7-19-14(9-16)3-2-8-29-19)25-24(38)22(23(37)21(12-36)39-25)34-11-20(31-33-34)15-4-6-17(27)18(28)10-15/h2-11,21-25,36-38H,12H2,1H3/t21-,22+,23+,24-,25-/m1/s1. The highest BCUT2D eigenvalue weighted by molar-refractivity contribution is 6.30. The molecule has 1 fully saturated rings. The molecule has 0 saturated carbocycles. The Morgan fingerprint density at radius 1 is 1.10 bits per heavy atom. The van der Waals surface area contributed by atoms with Crippen molar-refractivity contribution in [1.82, 2.24) is 34.7 Å². The van der Waals surface area contributed by atoms with Gasteiger partial charge in [0.2, 0.25) is 0 Å². The number of nitrogens with zero attached hydrogens (tertiary/aromatic N) is 7. The average molecular weight is 552 g/mol. The van der Waals surface area contributed by atoms with E-state index in [9.17, 15) is 19.7 Å². The lowest BCUT2D eigenvalue weighted by atomic mass is 9.92. The first kappa shape index (κ1) is 25.5. The van der Waals surface area contributed by atoms with E-state index in [4.69, 9.17) is 16.3 Å². The van der Waals surface area contributed by atoms with Gasteiger partial charge < -0.3 is 20.1 Å². The minimum absolute atomic E-state index is 0.0304. The molecule has 2 aromatic carbocycles. The molecular weight excluding hydrogens is 529 g/mol. The van der Waals surface area contributed by atoms with Crippen molar-refractivity contribution < 1.29 is 24.4 Å². The van der Waals surface area contributed by atoms with Gasteiger partial charge in [-0.3, -0.25) is 4.98 Å². The molecule has 0 bridgehead atoms. The molecule has 0 radical (unpaired) electrons. The van der Waals surface area contributed by atoms with Crippen molar-refractivity contribution in [1.29, 1.82) is 0 Å². The van der Waals surface area contributed by atoms with Gasteiger partial charge in [-0.15, -0.1) is 5.10 Å². The fraction of sp³-hybridized carbons (Fsp3) is 0.269. The number of benzene rings is 2. The number of pyridine rings is 1. The number of rotatable bonds is 5. The summed E-state index contributed by atoms with van der Waals surface area (Å²) in [6, 6.07) is 12.4. The Labute approximate surface area is 226 Å². The van der Waals surface area contributed by atoms with E-state index in [0.29, 0.717) is 22.8 Å². The van der Waals surface area contributed by atoms with Crippen LogP contribution >= 0.6 is 11.6 Å². The maximum Gasteiger partial charge on any atom is 0.164 e. The first-order valence-electron chi connectivity index (χ1n) is 12.1. The highest BCUT2D eigenvalue weighted by atomic mass is 35.5. The Morgan fingerprint density at radius 3 is 2.74 bits per heavy atom. The zero-order chi connectivity index (χ0) is 27.3. The van der Waals surface area contributed by atoms with E-state index < -0.39 is 42.9 Å². The maximum absolute atomic E-state index is 14.0. The number of ether oxygens (including phenoxy) is 1. The molecular formula is C26H23ClFN7O4. The fourth-order valence-corrected chi connectivity index (χ4v) is 4.96. The topological polar surface area (TPSA) is 144 Å². The van der Waals surface area contributed by atoms with Crippen LogP contribution in [0.3, 0.4) is 0 Å². The molecule has 6 rings (SSSR count). The second-order valence-corrected chi connectivity index (χ2v) is 9.68. The Bertz CT molecular complexity index is 1660. The first-order chi connectivity index (χ1) is 18.8. The van der Waals surface area contributed by atoms with Crippen LogP contribution in [0.5, 0.6) is 0 Å². The van der Waals surface area contributed by atoms with E-state index in [1.165, 1.54) is 23.0 Å². The summed E-state index contributed by atoms with van der Waals surface area (Å²) in [5, 5.41) is 46.1. The van der Waals surface area contributed by atoms with Crippen molar-refractivity contribution in [3.8, 4) is 16.9 Å². The summed E-state index contributed by atoms with van der Waals surface area (Å²) in [6.45, 7) is 1.18. The Kier molecular flexibility index (Phi) is 6.57. The Morgan fingerprint density at radius 2 is 1.95 bits per heavy atom. The number of hydrogen-bond acceptors (Lipinski definition) is 9. The van der Waals surface area contributed by atoms with Gasteiger partial charge in [-0.2, -0.15) is 5.10 Å². The van der Waals surface area contributed by atoms with Gasteiger partial charge in [-0.1, -0.05) is 28.9 Å². The van der Waals surface area contributed by atoms with E-state index in [1.54, 1.807) is 23.9 Å². The molecule has 11 nitrogen and oxygen atoms in total. The highest BCUT2D eigenvalue weighted by Gasteiger charge is 2.48. The van der Waals surface area contributed by atoms with Crippen LogP contribution in [0.15, 0.2) is 60.9 Å². The Hall–Kier alpha value is -3.81. The summed E-state index contributed by atoms with van der Waals surface area (Å²) < 4.78 is 22.8. The van der Waals surface area contributed by atoms with Crippen LogP contribution < -0.4 is 0 Å². The maximum atomic E-state index is 14.0. The number of halogens is 2. The van der Waals surface area contributed by atoms with Gasteiger partial charge in [-0.25, -0.2) is 18.7 Å². The van der Waals surface area contributed by atoms with Crippen molar-refractivity contribution in [3.63, 3.8) is 0 Å². The summed E-state index contributed by atoms with van der Waals surface area (Å²) in [5.41, 5.74) is 2.19. The fourth-order valence-electron chi connectivity index (χ4n) is 4.84. The van der Waals surface area contributed by atoms with Gasteiger partial charge in [0, 0.05) is 17.1 Å². The summed E-state index contributed by atoms with van der Waals surface area (Å²) in [7, 11) is 0. The van der Waals surface area contributed by atoms with Gasteiger partial charge in [0.1, 0.15) is 47.8 Å². The largest absolute Gasteiger partial charge is 0.394 e. The molecule has 1 saturated heterocycles. The molecule has 5 aromatic rings. The number of aliphatic hydroxyl groups is 3. The quantitative estimate of drug-likeness (QED) is 0.300. The van der Waals surface area contributed by atoms with Crippen LogP contribution in [-0.2, 0) is 4.74 Å². The third-order valence-electron chi connectivity index (χ3n) is 6.75. The van der Waals surface area contributed by atoms with Crippen molar-refractivity contribution in [2.75, 3.05) is 6.61 Å². The minimum Gasteiger partial charge on any atom is -0.394 e. The number of aryl methyl sites for hydroxylation is 1. The predicted molar refractivity (Wildman–Crippen MR) is 138 cm³/mol. The zero-order valence-electron chi connectivity index (χ0n) is 20.5. The third-order valence-corrected chi connectivity index (χ3v) is 7.05. The van der Waals surface area contributed by atoms with E-state index in [2.05, 4.69) is 25.4 Å². The lowest BCUT2D eigenvalue weighted by Crippen LogP contribution is -2.53. The van der Waals surface area contributed by atoms with Gasteiger partial charge in [0.15, 0.2) is 5.82 Å². The Balaban J connectivity index is 1.38. The molecule has 3 N–H and O–H groups in total. The van der Waals surface area contributed by atoms with Gasteiger partial charge in [0.25, 0.3) is 0 Å². The predicted octanol–water partition coefficient (Wildman–Crippen LogP) is 2.57. The molecule has 0 amide bonds. The number of aliphatic hydroxyl groups excluding tert-OH is 3. The van der Waals surface area contributed by atoms with Gasteiger partial charge in [0.05, 0.1) is 29.0 Å². The van der Waals surface area contributed by atoms with E-state index in [1.807, 2.05) is 30.3 Å². The number of fused-ring (bicyclic) bond motifs is 1. The summed E-state index contributed by atoms with van der Waals surface area (Å²) in [4.78, 5) is 8.87. The monoisotopic (exact) mass is 551 g/mol. The minimum atomic E-state index is -1.37. The van der Waals surface area contributed by atoms with Crippen molar-refractivity contribution in [2.45, 2.75) is 37.4 Å². The second-order valence-electron chi connectivity index (χ2n) is 9.27. The first-order valence-corrected chi connectivity index (χ1v) is 12.5. The molecule has 13 heteroatoms. The SMILES string of the molecule is Cc1nc([C@@H]2O[C@H](CO)[C@H](O)[C@H](n3cc(-c4ccc(Cl)c(F)c4)nn3)[C@H]2O)n(-c2ccc3ncccc3c2)n1. The summed E-state index contributed by atoms with van der Waals surface area (Å²) in [5.74, 6) is 0.0938. The molecule has 5 atom stereocenters. The molecule has 200 valence electrons. The van der Waals surface area contributed by atoms with Crippen molar-refractivity contribution in [3.05, 3.63) is 83.4 Å². The second kappa shape index (κ2) is 10.1. The number of hydrogen-bond donors (Lipinski definition) is 3. The molecule has 1 aliphatic heterocycles. The molecule has 4 heterocycles. The molecule has 0 aliphatic carbocycles. The van der Waals surface area contributed by atoms with Crippen LogP contribution in [0.4, 0.5) is 4.39 Å². The smallest absolute Gasteiger partial charge is 0.164 e. The normalized spacial score (nSPS) is 23.4. The van der Waals surface area contributed by atoms with E-state index >= 15 is 0 Å². The molecule has 0 unspecified atom stereocenters. The third kappa shape index (κ3) is 4.56. The van der Waals surface area contributed by atoms with Gasteiger partial charge in [-0.05, 0) is 43.3 Å². The van der Waals surface area contributed by atoms with Gasteiger partial charge >= 0.3 is 0 Å². The molecule has 0 spiro atoms. The van der Waals surface area contributed by atoms with E-state index in [-0.39, 0.29) is 10.8 Å². The lowest BCUT2D eigenvalue weighted by Gasteiger charge is -2.41. The molecule has 3 aromatic heterocycles. The molecule has 39 heavy (non-hydrogen) atoms. The van der Waals surface area contributed by atoms with Crippen LogP contribution in [0, 0.1) is 12.7 Å². The van der Waals surface area contributed by atoms with Crippen LogP contribution in [-0.4, -0.2) is 75.0 Å². The van der Waals surface area contributed by atoms with Crippen LogP contribution in [0.25, 0.3) is 27.8 Å². The van der Waals surface area contributed by atoms with Crippen molar-refractivity contribution >= 4 is 22.5 Å². The van der Waals surface area contributed by atoms with Crippen molar-refractivity contribution in [2.24, 2.45) is 0 Å². The summed E-state index contributed by atoms with van der Waals surface area (Å²) >= 11 is 5.79. The number of aromatic nitrogens is 7. The zero-order valence-corrected chi connectivity index (χ0v) is 21.3. The van der Waals surface area contributed by atoms with E-state index in [0.717, 1.165) is 10.9 Å².